The number of fused-ring (bicyclic) bond motifs is 1. The SMILES string of the molecule is CS(=O)(=O)N[C@H]1CCCCC1N1C(=O)c2ccccc2[C@@H](C(=O)NOCc2cccc(C(CO)CO)c2)[C@@H]1c1ccc(Cl)cc1. The molecule has 1 aliphatic carbocycles. The maximum atomic E-state index is 14.3. The van der Waals surface area contributed by atoms with Crippen LogP contribution in [0.15, 0.2) is 72.8 Å². The molecule has 1 fully saturated rings. The summed E-state index contributed by atoms with van der Waals surface area (Å²) in [6.45, 7) is -0.391. The Hall–Kier alpha value is -3.32. The summed E-state index contributed by atoms with van der Waals surface area (Å²) in [5, 5.41) is 19.6. The van der Waals surface area contributed by atoms with Crippen LogP contribution in [0.4, 0.5) is 0 Å². The van der Waals surface area contributed by atoms with Gasteiger partial charge in [-0.15, -0.1) is 0 Å². The number of nitrogens with one attached hydrogen (secondary N) is 2. The van der Waals surface area contributed by atoms with Crippen molar-refractivity contribution in [3.05, 3.63) is 106 Å². The van der Waals surface area contributed by atoms with Crippen LogP contribution in [0.5, 0.6) is 0 Å². The molecule has 0 radical (unpaired) electrons. The minimum atomic E-state index is -3.57. The molecule has 3 aromatic carbocycles. The third-order valence-corrected chi connectivity index (χ3v) is 9.58. The van der Waals surface area contributed by atoms with Gasteiger partial charge in [-0.2, -0.15) is 0 Å². The van der Waals surface area contributed by atoms with Crippen LogP contribution < -0.4 is 10.2 Å². The second-order valence-corrected chi connectivity index (χ2v) is 13.9. The van der Waals surface area contributed by atoms with E-state index in [0.717, 1.165) is 30.2 Å². The van der Waals surface area contributed by atoms with Crippen LogP contribution in [0.1, 0.15) is 76.2 Å². The van der Waals surface area contributed by atoms with Gasteiger partial charge in [0, 0.05) is 28.6 Å². The van der Waals surface area contributed by atoms with Crippen molar-refractivity contribution in [2.24, 2.45) is 0 Å². The number of hydroxylamine groups is 1. The lowest BCUT2D eigenvalue weighted by molar-refractivity contribution is -0.138. The number of benzene rings is 3. The second kappa shape index (κ2) is 14.4. The minimum Gasteiger partial charge on any atom is -0.396 e. The van der Waals surface area contributed by atoms with Crippen molar-refractivity contribution in [3.8, 4) is 0 Å². The van der Waals surface area contributed by atoms with E-state index in [1.807, 2.05) is 6.07 Å². The Balaban J connectivity index is 1.50. The first kappa shape index (κ1) is 33.1. The number of hydrogen-bond donors (Lipinski definition) is 4. The number of carbonyl (C=O) groups excluding carboxylic acids is 2. The zero-order chi connectivity index (χ0) is 32.1. The lowest BCUT2D eigenvalue weighted by Gasteiger charge is -2.49. The predicted octanol–water partition coefficient (Wildman–Crippen LogP) is 3.80. The number of aliphatic hydroxyl groups excluding tert-OH is 2. The molecule has 0 bridgehead atoms. The lowest BCUT2D eigenvalue weighted by atomic mass is 9.76. The summed E-state index contributed by atoms with van der Waals surface area (Å²) in [6.07, 6.45) is 3.85. The number of nitrogens with zero attached hydrogens (tertiary/aromatic N) is 1. The number of halogens is 1. The summed E-state index contributed by atoms with van der Waals surface area (Å²) in [7, 11) is -3.57. The topological polar surface area (TPSA) is 145 Å². The Kier molecular flexibility index (Phi) is 10.6. The summed E-state index contributed by atoms with van der Waals surface area (Å²) in [5.74, 6) is -2.06. The van der Waals surface area contributed by atoms with E-state index in [2.05, 4.69) is 10.2 Å². The van der Waals surface area contributed by atoms with Crippen LogP contribution in [-0.2, 0) is 26.3 Å². The fourth-order valence-corrected chi connectivity index (χ4v) is 7.48. The van der Waals surface area contributed by atoms with Crippen molar-refractivity contribution in [2.45, 2.75) is 62.3 Å². The number of sulfonamides is 1. The zero-order valence-corrected chi connectivity index (χ0v) is 26.5. The number of rotatable bonds is 11. The van der Waals surface area contributed by atoms with Crippen LogP contribution in [0.3, 0.4) is 0 Å². The Bertz CT molecular complexity index is 1610. The molecule has 4 atom stereocenters. The van der Waals surface area contributed by atoms with E-state index in [1.54, 1.807) is 71.6 Å². The average Bonchev–Trinajstić information content (AvgIpc) is 3.02. The molecular weight excluding hydrogens is 618 g/mol. The van der Waals surface area contributed by atoms with E-state index in [0.29, 0.717) is 34.6 Å². The van der Waals surface area contributed by atoms with Crippen LogP contribution in [0.25, 0.3) is 0 Å². The van der Waals surface area contributed by atoms with Crippen molar-refractivity contribution < 1.29 is 33.1 Å². The quantitative estimate of drug-likeness (QED) is 0.230. The smallest absolute Gasteiger partial charge is 0.255 e. The molecule has 10 nitrogen and oxygen atoms in total. The molecule has 1 heterocycles. The molecular formula is C33H38ClN3O7S. The second-order valence-electron chi connectivity index (χ2n) is 11.7. The van der Waals surface area contributed by atoms with E-state index in [9.17, 15) is 28.2 Å². The van der Waals surface area contributed by atoms with Gasteiger partial charge in [0.15, 0.2) is 0 Å². The van der Waals surface area contributed by atoms with Crippen molar-refractivity contribution in [1.29, 1.82) is 0 Å². The highest BCUT2D eigenvalue weighted by Crippen LogP contribution is 2.46. The van der Waals surface area contributed by atoms with E-state index in [-0.39, 0.29) is 25.7 Å². The number of aliphatic hydroxyl groups is 2. The molecule has 4 N–H and O–H groups in total. The Morgan fingerprint density at radius 1 is 1.02 bits per heavy atom. The number of hydrogen-bond acceptors (Lipinski definition) is 7. The molecule has 0 saturated heterocycles. The lowest BCUT2D eigenvalue weighted by Crippen LogP contribution is -2.59. The molecule has 240 valence electrons. The van der Waals surface area contributed by atoms with E-state index in [4.69, 9.17) is 16.4 Å². The van der Waals surface area contributed by atoms with Crippen LogP contribution in [-0.4, -0.2) is 66.9 Å². The van der Waals surface area contributed by atoms with Crippen molar-refractivity contribution in [3.63, 3.8) is 0 Å². The third kappa shape index (κ3) is 7.57. The fourth-order valence-electron chi connectivity index (χ4n) is 6.53. The first-order chi connectivity index (χ1) is 21.6. The third-order valence-electron chi connectivity index (χ3n) is 8.60. The summed E-state index contributed by atoms with van der Waals surface area (Å²) >= 11 is 6.23. The summed E-state index contributed by atoms with van der Waals surface area (Å²) in [4.78, 5) is 35.8. The maximum Gasteiger partial charge on any atom is 0.255 e. The summed E-state index contributed by atoms with van der Waals surface area (Å²) in [6, 6.07) is 19.4. The first-order valence-electron chi connectivity index (χ1n) is 15.0. The van der Waals surface area contributed by atoms with Crippen LogP contribution in [0, 0.1) is 0 Å². The maximum absolute atomic E-state index is 14.3. The largest absolute Gasteiger partial charge is 0.396 e. The van der Waals surface area contributed by atoms with Gasteiger partial charge in [-0.25, -0.2) is 18.6 Å². The molecule has 12 heteroatoms. The highest BCUT2D eigenvalue weighted by atomic mass is 35.5. The summed E-state index contributed by atoms with van der Waals surface area (Å²) in [5.41, 5.74) is 5.67. The van der Waals surface area contributed by atoms with E-state index in [1.165, 1.54) is 0 Å². The van der Waals surface area contributed by atoms with Gasteiger partial charge in [0.25, 0.3) is 11.8 Å². The van der Waals surface area contributed by atoms with E-state index < -0.39 is 45.9 Å². The molecule has 5 rings (SSSR count). The molecule has 45 heavy (non-hydrogen) atoms. The van der Waals surface area contributed by atoms with Gasteiger partial charge in [0.05, 0.1) is 38.0 Å². The Morgan fingerprint density at radius 3 is 2.44 bits per heavy atom. The van der Waals surface area contributed by atoms with Crippen LogP contribution >= 0.6 is 11.6 Å². The van der Waals surface area contributed by atoms with Gasteiger partial charge in [-0.1, -0.05) is 79.0 Å². The average molecular weight is 656 g/mol. The molecule has 3 aromatic rings. The zero-order valence-electron chi connectivity index (χ0n) is 24.9. The molecule has 0 spiro atoms. The normalized spacial score (nSPS) is 21.9. The molecule has 1 saturated carbocycles. The van der Waals surface area contributed by atoms with E-state index >= 15 is 0 Å². The van der Waals surface area contributed by atoms with Gasteiger partial charge < -0.3 is 15.1 Å². The van der Waals surface area contributed by atoms with Gasteiger partial charge in [-0.3, -0.25) is 14.4 Å². The highest BCUT2D eigenvalue weighted by Gasteiger charge is 2.49. The van der Waals surface area contributed by atoms with Crippen LogP contribution in [0.2, 0.25) is 5.02 Å². The standard InChI is InChI=1S/C33H38ClN3O7S/c1-45(42,43)36-28-11-4-5-12-29(28)37-31(22-13-15-25(34)16-14-22)30(26-9-2-3-10-27(26)33(37)41)32(40)35-44-20-21-7-6-8-23(17-21)24(18-38)19-39/h2-3,6-10,13-17,24,28-31,36,38-39H,4-5,11-12,18-20H2,1H3,(H,35,40)/t28-,29?,30+,31-/m0/s1. The molecule has 0 aromatic heterocycles. The van der Waals surface area contributed by atoms with Gasteiger partial charge in [0.2, 0.25) is 10.0 Å². The van der Waals surface area contributed by atoms with Crippen molar-refractivity contribution in [2.75, 3.05) is 19.5 Å². The monoisotopic (exact) mass is 655 g/mol. The molecule has 2 aliphatic rings. The van der Waals surface area contributed by atoms with Gasteiger partial charge in [-0.05, 0) is 53.3 Å². The molecule has 1 unspecified atom stereocenters. The van der Waals surface area contributed by atoms with Crippen molar-refractivity contribution >= 4 is 33.4 Å². The Morgan fingerprint density at radius 2 is 1.73 bits per heavy atom. The molecule has 2 amide bonds. The predicted molar refractivity (Wildman–Crippen MR) is 170 cm³/mol. The summed E-state index contributed by atoms with van der Waals surface area (Å²) < 4.78 is 27.5. The number of amides is 2. The number of carbonyl (C=O) groups is 2. The fraction of sp³-hybridized carbons (Fsp3) is 0.394. The Labute approximate surface area is 268 Å². The first-order valence-corrected chi connectivity index (χ1v) is 17.2. The highest BCUT2D eigenvalue weighted by molar-refractivity contribution is 7.88. The minimum absolute atomic E-state index is 0.0226. The van der Waals surface area contributed by atoms with Gasteiger partial charge in [0.1, 0.15) is 0 Å². The molecule has 1 aliphatic heterocycles. The van der Waals surface area contributed by atoms with Gasteiger partial charge >= 0.3 is 0 Å². The van der Waals surface area contributed by atoms with Crippen molar-refractivity contribution in [1.82, 2.24) is 15.1 Å².